The van der Waals surface area contributed by atoms with E-state index in [0.717, 1.165) is 56.5 Å². The zero-order chi connectivity index (χ0) is 24.7. The molecule has 7 nitrogen and oxygen atoms in total. The smallest absolute Gasteiger partial charge is 0.298 e. The minimum atomic E-state index is -0.438. The largest absolute Gasteiger partial charge is 0.473 e. The van der Waals surface area contributed by atoms with Crippen LogP contribution >= 0.6 is 0 Å². The number of piperidine rings is 1. The van der Waals surface area contributed by atoms with E-state index in [9.17, 15) is 9.59 Å². The van der Waals surface area contributed by atoms with Crippen LogP contribution in [0.4, 0.5) is 0 Å². The topological polar surface area (TPSA) is 68.3 Å². The first-order valence-electron chi connectivity index (χ1n) is 13.1. The average Bonchev–Trinajstić information content (AvgIpc) is 3.47. The van der Waals surface area contributed by atoms with Crippen molar-refractivity contribution in [3.63, 3.8) is 0 Å². The minimum Gasteiger partial charge on any atom is -0.473 e. The summed E-state index contributed by atoms with van der Waals surface area (Å²) in [6.07, 6.45) is 4.69. The molecule has 0 radical (unpaired) electrons. The normalized spacial score (nSPS) is 28.3. The molecule has 4 aliphatic rings. The van der Waals surface area contributed by atoms with Gasteiger partial charge in [-0.3, -0.25) is 9.59 Å². The fraction of sp³-hybridized carbons (Fsp3) is 0.517. The number of hydrogen-bond donors (Lipinski definition) is 0. The molecule has 2 aromatic carbocycles. The van der Waals surface area contributed by atoms with Gasteiger partial charge in [0.05, 0.1) is 18.1 Å². The third-order valence-electron chi connectivity index (χ3n) is 8.80. The second-order valence-corrected chi connectivity index (χ2v) is 10.8. The Morgan fingerprint density at radius 3 is 2.86 bits per heavy atom. The van der Waals surface area contributed by atoms with Gasteiger partial charge in [0, 0.05) is 18.2 Å². The molecule has 190 valence electrons. The number of carbonyl (C=O) groups excluding carboxylic acids is 2. The van der Waals surface area contributed by atoms with Crippen molar-refractivity contribution in [1.82, 2.24) is 9.80 Å². The Morgan fingerprint density at radius 2 is 2.03 bits per heavy atom. The van der Waals surface area contributed by atoms with Crippen molar-refractivity contribution in [1.29, 1.82) is 0 Å². The van der Waals surface area contributed by atoms with Crippen LogP contribution in [0.25, 0.3) is 0 Å². The monoisotopic (exact) mass is 490 g/mol. The van der Waals surface area contributed by atoms with Crippen molar-refractivity contribution >= 4 is 12.4 Å². The van der Waals surface area contributed by atoms with E-state index in [0.29, 0.717) is 44.1 Å². The van der Waals surface area contributed by atoms with Gasteiger partial charge in [-0.2, -0.15) is 0 Å². The van der Waals surface area contributed by atoms with Gasteiger partial charge in [-0.25, -0.2) is 0 Å². The first-order chi connectivity index (χ1) is 17.6. The molecular weight excluding hydrogens is 456 g/mol. The highest BCUT2D eigenvalue weighted by molar-refractivity contribution is 5.84. The molecule has 0 bridgehead atoms. The van der Waals surface area contributed by atoms with Gasteiger partial charge in [0.2, 0.25) is 5.91 Å². The summed E-state index contributed by atoms with van der Waals surface area (Å²) >= 11 is 0. The lowest BCUT2D eigenvalue weighted by molar-refractivity contribution is -0.149. The summed E-state index contributed by atoms with van der Waals surface area (Å²) in [6.45, 7) is 6.14. The molecule has 0 unspecified atom stereocenters. The third kappa shape index (κ3) is 4.18. The predicted octanol–water partition coefficient (Wildman–Crippen LogP) is 4.03. The Bertz CT molecular complexity index is 1140. The SMILES string of the molecule is Cc1ccc2c(c1)CN(C(=O)[C@@]13CCO[C@@H]1C[C@@H](N1CCC(c4cccc(OC=O)c4)CC1)C3)CO2. The predicted molar refractivity (Wildman–Crippen MR) is 134 cm³/mol. The number of amides is 1. The van der Waals surface area contributed by atoms with Gasteiger partial charge in [-0.1, -0.05) is 29.8 Å². The van der Waals surface area contributed by atoms with Crippen molar-refractivity contribution in [3.05, 3.63) is 59.2 Å². The number of hydrogen-bond acceptors (Lipinski definition) is 6. The summed E-state index contributed by atoms with van der Waals surface area (Å²) in [4.78, 5) is 29.1. The summed E-state index contributed by atoms with van der Waals surface area (Å²) in [5.74, 6) is 2.14. The standard InChI is InChI=1S/C29H34N2O5/c1-20-5-6-26-23(13-20)17-31(18-35-26)28(33)29-9-12-34-27(29)15-24(16-29)30-10-7-21(8-11-30)22-3-2-4-25(14-22)36-19-32/h2-6,13-14,19,21,24,27H,7-12,15-18H2,1H3/t24-,27-,29-/m1/s1. The van der Waals surface area contributed by atoms with Gasteiger partial charge in [-0.05, 0) is 81.8 Å². The quantitative estimate of drug-likeness (QED) is 0.590. The van der Waals surface area contributed by atoms with E-state index in [1.54, 1.807) is 0 Å². The fourth-order valence-electron chi connectivity index (χ4n) is 6.90. The summed E-state index contributed by atoms with van der Waals surface area (Å²) in [6, 6.07) is 14.4. The number of nitrogens with zero attached hydrogens (tertiary/aromatic N) is 2. The van der Waals surface area contributed by atoms with Crippen molar-refractivity contribution in [2.75, 3.05) is 26.4 Å². The molecule has 0 spiro atoms. The molecule has 0 N–H and O–H groups in total. The Morgan fingerprint density at radius 1 is 1.17 bits per heavy atom. The maximum atomic E-state index is 14.0. The zero-order valence-corrected chi connectivity index (χ0v) is 20.9. The lowest BCUT2D eigenvalue weighted by Gasteiger charge is -2.38. The molecule has 3 fully saturated rings. The zero-order valence-electron chi connectivity index (χ0n) is 20.9. The molecule has 7 heteroatoms. The van der Waals surface area contributed by atoms with Gasteiger partial charge >= 0.3 is 0 Å². The van der Waals surface area contributed by atoms with Crippen LogP contribution in [0.15, 0.2) is 42.5 Å². The lowest BCUT2D eigenvalue weighted by atomic mass is 9.80. The van der Waals surface area contributed by atoms with Gasteiger partial charge in [0.15, 0.2) is 6.73 Å². The molecule has 2 aromatic rings. The first kappa shape index (κ1) is 23.5. The Balaban J connectivity index is 1.12. The lowest BCUT2D eigenvalue weighted by Crippen LogP contribution is -2.49. The van der Waals surface area contributed by atoms with Crippen LogP contribution in [0.2, 0.25) is 0 Å². The van der Waals surface area contributed by atoms with E-state index in [2.05, 4.69) is 30.0 Å². The number of ether oxygens (including phenoxy) is 3. The van der Waals surface area contributed by atoms with E-state index in [-0.39, 0.29) is 12.0 Å². The highest BCUT2D eigenvalue weighted by Crippen LogP contribution is 2.51. The molecule has 1 saturated carbocycles. The molecule has 0 aromatic heterocycles. The van der Waals surface area contributed by atoms with Crippen LogP contribution in [-0.2, 0) is 20.9 Å². The van der Waals surface area contributed by atoms with Crippen LogP contribution in [-0.4, -0.2) is 60.8 Å². The Labute approximate surface area is 212 Å². The van der Waals surface area contributed by atoms with Gasteiger partial charge in [0.25, 0.3) is 6.47 Å². The average molecular weight is 491 g/mol. The Hall–Kier alpha value is -2.90. The van der Waals surface area contributed by atoms with Gasteiger partial charge in [-0.15, -0.1) is 0 Å². The highest BCUT2D eigenvalue weighted by atomic mass is 16.5. The molecular formula is C29H34N2O5. The Kier molecular flexibility index (Phi) is 6.21. The molecule has 6 rings (SSSR count). The third-order valence-corrected chi connectivity index (χ3v) is 8.80. The van der Waals surface area contributed by atoms with Crippen molar-refractivity contribution in [2.24, 2.45) is 5.41 Å². The van der Waals surface area contributed by atoms with Crippen LogP contribution < -0.4 is 9.47 Å². The maximum Gasteiger partial charge on any atom is 0.298 e. The summed E-state index contributed by atoms with van der Waals surface area (Å²) < 4.78 is 17.2. The van der Waals surface area contributed by atoms with E-state index in [1.807, 2.05) is 29.2 Å². The summed E-state index contributed by atoms with van der Waals surface area (Å²) in [5.41, 5.74) is 3.06. The first-order valence-corrected chi connectivity index (χ1v) is 13.1. The maximum absolute atomic E-state index is 14.0. The van der Waals surface area contributed by atoms with Crippen LogP contribution in [0.1, 0.15) is 54.7 Å². The molecule has 36 heavy (non-hydrogen) atoms. The van der Waals surface area contributed by atoms with Crippen molar-refractivity contribution < 1.29 is 23.8 Å². The number of likely N-dealkylation sites (tertiary alicyclic amines) is 1. The molecule has 3 aliphatic heterocycles. The van der Waals surface area contributed by atoms with E-state index >= 15 is 0 Å². The van der Waals surface area contributed by atoms with Gasteiger partial charge in [0.1, 0.15) is 11.5 Å². The molecule has 3 heterocycles. The van der Waals surface area contributed by atoms with E-state index in [4.69, 9.17) is 14.2 Å². The molecule has 1 aliphatic carbocycles. The number of carbonyl (C=O) groups is 2. The second kappa shape index (κ2) is 9.52. The molecule has 1 amide bonds. The summed E-state index contributed by atoms with van der Waals surface area (Å²) in [5, 5.41) is 0. The summed E-state index contributed by atoms with van der Waals surface area (Å²) in [7, 11) is 0. The van der Waals surface area contributed by atoms with E-state index < -0.39 is 5.41 Å². The molecule has 2 saturated heterocycles. The van der Waals surface area contributed by atoms with Crippen LogP contribution in [0.3, 0.4) is 0 Å². The van der Waals surface area contributed by atoms with Crippen molar-refractivity contribution in [2.45, 2.75) is 63.6 Å². The van der Waals surface area contributed by atoms with Crippen LogP contribution in [0.5, 0.6) is 11.5 Å². The number of fused-ring (bicyclic) bond motifs is 2. The number of aryl methyl sites for hydroxylation is 1. The minimum absolute atomic E-state index is 0.0104. The number of rotatable bonds is 5. The second-order valence-electron chi connectivity index (χ2n) is 10.8. The van der Waals surface area contributed by atoms with E-state index in [1.165, 1.54) is 11.1 Å². The number of benzene rings is 2. The van der Waals surface area contributed by atoms with Crippen molar-refractivity contribution in [3.8, 4) is 11.5 Å². The van der Waals surface area contributed by atoms with Crippen LogP contribution in [0, 0.1) is 12.3 Å². The fourth-order valence-corrected chi connectivity index (χ4v) is 6.90. The molecule has 3 atom stereocenters. The van der Waals surface area contributed by atoms with Gasteiger partial charge < -0.3 is 24.0 Å². The highest BCUT2D eigenvalue weighted by Gasteiger charge is 2.58.